The summed E-state index contributed by atoms with van der Waals surface area (Å²) in [6.07, 6.45) is 4.23. The van der Waals surface area contributed by atoms with E-state index in [2.05, 4.69) is 27.7 Å². The van der Waals surface area contributed by atoms with Gasteiger partial charge in [0.2, 0.25) is 0 Å². The molecular formula is C19H30ClNO4. The molecule has 0 spiro atoms. The minimum absolute atomic E-state index is 0.0472. The van der Waals surface area contributed by atoms with Gasteiger partial charge in [-0.3, -0.25) is 14.4 Å². The predicted octanol–water partition coefficient (Wildman–Crippen LogP) is 3.62. The highest BCUT2D eigenvalue weighted by Crippen LogP contribution is 2.50. The summed E-state index contributed by atoms with van der Waals surface area (Å²) in [6.45, 7) is 8.65. The highest BCUT2D eigenvalue weighted by Gasteiger charge is 2.66. The quantitative estimate of drug-likeness (QED) is 0.419. The molecule has 2 aliphatic heterocycles. The van der Waals surface area contributed by atoms with Gasteiger partial charge in [-0.1, -0.05) is 0 Å². The minimum atomic E-state index is -1.18. The number of fused-ring (bicyclic) bond motifs is 2. The second kappa shape index (κ2) is 6.50. The van der Waals surface area contributed by atoms with Crippen LogP contribution in [0.5, 0.6) is 0 Å². The second-order valence-corrected chi connectivity index (χ2v) is 9.35. The van der Waals surface area contributed by atoms with E-state index in [0.717, 1.165) is 19.3 Å². The molecule has 2 bridgehead atoms. The molecule has 0 amide bonds. The third-order valence-corrected chi connectivity index (χ3v) is 6.47. The van der Waals surface area contributed by atoms with E-state index >= 15 is 0 Å². The van der Waals surface area contributed by atoms with E-state index in [1.54, 1.807) is 0 Å². The third kappa shape index (κ3) is 3.02. The predicted molar refractivity (Wildman–Crippen MR) is 95.2 cm³/mol. The van der Waals surface area contributed by atoms with Crippen molar-refractivity contribution in [3.8, 4) is 0 Å². The maximum Gasteiger partial charge on any atom is 0.322 e. The van der Waals surface area contributed by atoms with Crippen molar-refractivity contribution in [2.75, 3.05) is 5.88 Å². The van der Waals surface area contributed by atoms with Gasteiger partial charge in [0.25, 0.3) is 0 Å². The van der Waals surface area contributed by atoms with Crippen LogP contribution in [-0.4, -0.2) is 46.0 Å². The average molecular weight is 372 g/mol. The molecule has 0 N–H and O–H groups in total. The molecule has 0 radical (unpaired) electrons. The van der Waals surface area contributed by atoms with Crippen LogP contribution in [0.1, 0.15) is 72.6 Å². The molecule has 1 saturated carbocycles. The second-order valence-electron chi connectivity index (χ2n) is 8.97. The lowest BCUT2D eigenvalue weighted by Crippen LogP contribution is -2.63. The molecule has 3 rings (SSSR count). The molecule has 3 aliphatic rings. The molecule has 25 heavy (non-hydrogen) atoms. The average Bonchev–Trinajstić information content (AvgIpc) is 2.71. The smallest absolute Gasteiger partial charge is 0.322 e. The maximum absolute atomic E-state index is 12.8. The van der Waals surface area contributed by atoms with Crippen molar-refractivity contribution in [3.05, 3.63) is 0 Å². The lowest BCUT2D eigenvalue weighted by atomic mass is 9.69. The number of alkyl halides is 1. The number of hydrogen-bond donors (Lipinski definition) is 0. The Morgan fingerprint density at radius 1 is 1.20 bits per heavy atom. The van der Waals surface area contributed by atoms with Gasteiger partial charge < -0.3 is 4.74 Å². The van der Waals surface area contributed by atoms with Gasteiger partial charge in [0, 0.05) is 23.4 Å². The van der Waals surface area contributed by atoms with Gasteiger partial charge >= 0.3 is 5.97 Å². The number of hydroxylamine groups is 2. The van der Waals surface area contributed by atoms with E-state index in [1.807, 2.05) is 5.06 Å². The molecule has 142 valence electrons. The summed E-state index contributed by atoms with van der Waals surface area (Å²) in [5.41, 5.74) is -1.49. The number of hydrogen-bond acceptors (Lipinski definition) is 5. The molecule has 1 aliphatic carbocycles. The molecular weight excluding hydrogens is 342 g/mol. The standard InChI is InChI=1S/C19H30ClNO4/c1-17(2)9-5-10-18(3,4)21(17)25-15-13-7-8-14(22)19(15,11-6-12-20)16(23)24-13/h13,15H,5-12H2,1-4H3/t13-,15-,19+/m1/s1. The first-order chi connectivity index (χ1) is 11.6. The van der Waals surface area contributed by atoms with Crippen LogP contribution in [0.15, 0.2) is 0 Å². The zero-order chi connectivity index (χ0) is 18.5. The Hall–Kier alpha value is -0.650. The van der Waals surface area contributed by atoms with E-state index in [1.165, 1.54) is 0 Å². The summed E-state index contributed by atoms with van der Waals surface area (Å²) < 4.78 is 5.59. The molecule has 2 saturated heterocycles. The van der Waals surface area contributed by atoms with Crippen molar-refractivity contribution in [3.63, 3.8) is 0 Å². The van der Waals surface area contributed by atoms with E-state index < -0.39 is 17.5 Å². The van der Waals surface area contributed by atoms with Gasteiger partial charge in [-0.05, 0) is 66.2 Å². The van der Waals surface area contributed by atoms with Gasteiger partial charge in [-0.2, -0.15) is 5.06 Å². The molecule has 2 heterocycles. The Bertz CT molecular complexity index is 536. The molecule has 5 nitrogen and oxygen atoms in total. The van der Waals surface area contributed by atoms with Crippen molar-refractivity contribution in [1.82, 2.24) is 5.06 Å². The molecule has 6 heteroatoms. The van der Waals surface area contributed by atoms with Crippen LogP contribution in [0.2, 0.25) is 0 Å². The van der Waals surface area contributed by atoms with E-state index in [9.17, 15) is 9.59 Å². The first kappa shape index (κ1) is 19.1. The first-order valence-electron chi connectivity index (χ1n) is 9.43. The summed E-state index contributed by atoms with van der Waals surface area (Å²) in [4.78, 5) is 32.0. The van der Waals surface area contributed by atoms with E-state index in [0.29, 0.717) is 31.6 Å². The van der Waals surface area contributed by atoms with Crippen LogP contribution in [0.4, 0.5) is 0 Å². The lowest BCUT2D eigenvalue weighted by molar-refractivity contribution is -0.322. The number of rotatable bonds is 5. The summed E-state index contributed by atoms with van der Waals surface area (Å²) in [5.74, 6) is -0.0443. The Kier molecular flexibility index (Phi) is 4.97. The molecule has 3 atom stereocenters. The van der Waals surface area contributed by atoms with Crippen LogP contribution < -0.4 is 0 Å². The number of nitrogens with zero attached hydrogens (tertiary/aromatic N) is 1. The Balaban J connectivity index is 1.94. The molecule has 0 aromatic rings. The SMILES string of the molecule is CC1(C)CCCC(C)(C)N1O[C@@H]1[C@H]2CCC(=O)[C@]1(CCCCl)C(=O)O2. The number of piperidine rings is 1. The van der Waals surface area contributed by atoms with Crippen molar-refractivity contribution in [1.29, 1.82) is 0 Å². The summed E-state index contributed by atoms with van der Waals surface area (Å²) >= 11 is 5.86. The Labute approximate surface area is 155 Å². The summed E-state index contributed by atoms with van der Waals surface area (Å²) in [6, 6.07) is 0. The van der Waals surface area contributed by atoms with Crippen LogP contribution in [-0.2, 0) is 19.2 Å². The van der Waals surface area contributed by atoms with Gasteiger partial charge in [0.1, 0.15) is 12.2 Å². The summed E-state index contributed by atoms with van der Waals surface area (Å²) in [5, 5.41) is 2.04. The van der Waals surface area contributed by atoms with Crippen LogP contribution in [0, 0.1) is 5.41 Å². The Morgan fingerprint density at radius 3 is 2.44 bits per heavy atom. The van der Waals surface area contributed by atoms with Gasteiger partial charge in [0.15, 0.2) is 11.2 Å². The van der Waals surface area contributed by atoms with Crippen LogP contribution in [0.25, 0.3) is 0 Å². The first-order valence-corrected chi connectivity index (χ1v) is 9.96. The van der Waals surface area contributed by atoms with Crippen LogP contribution in [0.3, 0.4) is 0 Å². The van der Waals surface area contributed by atoms with Crippen molar-refractivity contribution < 1.29 is 19.2 Å². The number of Topliss-reactive ketones (excluding diaryl/α,β-unsaturated/α-hetero) is 1. The highest BCUT2D eigenvalue weighted by atomic mass is 35.5. The normalized spacial score (nSPS) is 37.2. The number of esters is 1. The highest BCUT2D eigenvalue weighted by molar-refractivity contribution is 6.17. The van der Waals surface area contributed by atoms with Gasteiger partial charge in [-0.15, -0.1) is 11.6 Å². The fourth-order valence-corrected chi connectivity index (χ4v) is 5.11. The number of carbonyl (C=O) groups is 2. The van der Waals surface area contributed by atoms with Crippen molar-refractivity contribution >= 4 is 23.4 Å². The van der Waals surface area contributed by atoms with Gasteiger partial charge in [0.05, 0.1) is 0 Å². The minimum Gasteiger partial charge on any atom is -0.459 e. The Morgan fingerprint density at radius 2 is 1.84 bits per heavy atom. The summed E-state index contributed by atoms with van der Waals surface area (Å²) in [7, 11) is 0. The van der Waals surface area contributed by atoms with Crippen LogP contribution >= 0.6 is 11.6 Å². The number of halogens is 1. The zero-order valence-electron chi connectivity index (χ0n) is 15.8. The lowest BCUT2D eigenvalue weighted by Gasteiger charge is -2.53. The number of carbonyl (C=O) groups excluding carboxylic acids is 2. The third-order valence-electron chi connectivity index (χ3n) is 6.20. The molecule has 0 aromatic heterocycles. The fraction of sp³-hybridized carbons (Fsp3) is 0.895. The monoisotopic (exact) mass is 371 g/mol. The largest absolute Gasteiger partial charge is 0.459 e. The maximum atomic E-state index is 12.8. The zero-order valence-corrected chi connectivity index (χ0v) is 16.5. The molecule has 0 unspecified atom stereocenters. The van der Waals surface area contributed by atoms with Crippen molar-refractivity contribution in [2.24, 2.45) is 5.41 Å². The fourth-order valence-electron chi connectivity index (χ4n) is 4.98. The molecule has 3 fully saturated rings. The van der Waals surface area contributed by atoms with E-state index in [-0.39, 0.29) is 23.0 Å². The number of ether oxygens (including phenoxy) is 1. The molecule has 0 aromatic carbocycles. The van der Waals surface area contributed by atoms with E-state index in [4.69, 9.17) is 21.2 Å². The number of ketones is 1. The van der Waals surface area contributed by atoms with Gasteiger partial charge in [-0.25, -0.2) is 0 Å². The topological polar surface area (TPSA) is 55.8 Å². The van der Waals surface area contributed by atoms with Crippen molar-refractivity contribution in [2.45, 2.75) is 95.9 Å².